The van der Waals surface area contributed by atoms with Crippen molar-refractivity contribution in [3.63, 3.8) is 0 Å². The van der Waals surface area contributed by atoms with Gasteiger partial charge in [0.15, 0.2) is 0 Å². The number of benzene rings is 1. The van der Waals surface area contributed by atoms with E-state index in [4.69, 9.17) is 10.5 Å². The highest BCUT2D eigenvalue weighted by Crippen LogP contribution is 2.31. The summed E-state index contributed by atoms with van der Waals surface area (Å²) >= 11 is 4.68. The lowest BCUT2D eigenvalue weighted by atomic mass is 10.3. The van der Waals surface area contributed by atoms with E-state index in [1.807, 2.05) is 0 Å². The minimum Gasteiger partial charge on any atom is -0.492 e. The van der Waals surface area contributed by atoms with Crippen LogP contribution in [0.25, 0.3) is 0 Å². The van der Waals surface area contributed by atoms with E-state index >= 15 is 0 Å². The van der Waals surface area contributed by atoms with Crippen molar-refractivity contribution < 1.29 is 13.2 Å². The molecule has 1 heterocycles. The highest BCUT2D eigenvalue weighted by Gasteiger charge is 2.19. The number of ether oxygens (including phenoxy) is 1. The first kappa shape index (κ1) is 16.3. The highest BCUT2D eigenvalue weighted by atomic mass is 79.9. The third kappa shape index (κ3) is 4.19. The summed E-state index contributed by atoms with van der Waals surface area (Å²) < 4.78 is 33.5. The second-order valence-electron chi connectivity index (χ2n) is 4.24. The first-order chi connectivity index (χ1) is 9.92. The molecule has 2 aromatic rings. The number of hydrogen-bond acceptors (Lipinski definition) is 5. The first-order valence-corrected chi connectivity index (χ1v) is 9.23. The van der Waals surface area contributed by atoms with Crippen LogP contribution < -0.4 is 15.2 Å². The molecule has 0 radical (unpaired) electrons. The normalized spacial score (nSPS) is 11.4. The molecule has 0 fully saturated rings. The van der Waals surface area contributed by atoms with E-state index < -0.39 is 10.0 Å². The molecule has 0 spiro atoms. The van der Waals surface area contributed by atoms with Crippen molar-refractivity contribution in [2.45, 2.75) is 11.8 Å². The van der Waals surface area contributed by atoms with Crippen molar-refractivity contribution in [1.29, 1.82) is 0 Å². The van der Waals surface area contributed by atoms with Crippen molar-refractivity contribution in [2.75, 3.05) is 17.9 Å². The number of halogens is 1. The summed E-state index contributed by atoms with van der Waals surface area (Å²) in [5.74, 6) is 0.573. The van der Waals surface area contributed by atoms with E-state index in [-0.39, 0.29) is 4.90 Å². The van der Waals surface area contributed by atoms with E-state index in [1.54, 1.807) is 37.3 Å². The lowest BCUT2D eigenvalue weighted by Gasteiger charge is -2.10. The lowest BCUT2D eigenvalue weighted by Crippen LogP contribution is -2.13. The molecule has 0 aliphatic rings. The van der Waals surface area contributed by atoms with Gasteiger partial charge < -0.3 is 10.5 Å². The molecule has 0 aliphatic heterocycles. The van der Waals surface area contributed by atoms with Crippen LogP contribution >= 0.6 is 27.3 Å². The van der Waals surface area contributed by atoms with Crippen LogP contribution in [0, 0.1) is 6.92 Å². The maximum atomic E-state index is 12.4. The molecular weight excluding hydrogens is 376 g/mol. The Labute approximate surface area is 136 Å². The van der Waals surface area contributed by atoms with Gasteiger partial charge in [-0.3, -0.25) is 4.72 Å². The largest absolute Gasteiger partial charge is 0.492 e. The van der Waals surface area contributed by atoms with Crippen molar-refractivity contribution in [2.24, 2.45) is 5.73 Å². The lowest BCUT2D eigenvalue weighted by molar-refractivity contribution is 0.328. The van der Waals surface area contributed by atoms with Crippen molar-refractivity contribution in [1.82, 2.24) is 0 Å². The van der Waals surface area contributed by atoms with Gasteiger partial charge in [-0.2, -0.15) is 0 Å². The van der Waals surface area contributed by atoms with Crippen LogP contribution in [0.5, 0.6) is 5.75 Å². The second-order valence-corrected chi connectivity index (χ2v) is 8.53. The average molecular weight is 391 g/mol. The van der Waals surface area contributed by atoms with Gasteiger partial charge in [0, 0.05) is 17.5 Å². The summed E-state index contributed by atoms with van der Waals surface area (Å²) in [4.78, 5) is 0.998. The number of aryl methyl sites for hydroxylation is 1. The molecule has 0 saturated heterocycles. The van der Waals surface area contributed by atoms with E-state index in [2.05, 4.69) is 20.7 Å². The average Bonchev–Trinajstić information content (AvgIpc) is 2.76. The molecule has 3 N–H and O–H groups in total. The first-order valence-electron chi connectivity index (χ1n) is 6.14. The van der Waals surface area contributed by atoms with Gasteiger partial charge in [-0.25, -0.2) is 8.42 Å². The molecule has 1 aromatic heterocycles. The summed E-state index contributed by atoms with van der Waals surface area (Å²) in [6.07, 6.45) is 0. The van der Waals surface area contributed by atoms with Crippen molar-refractivity contribution in [3.05, 3.63) is 39.0 Å². The number of thiophene rings is 1. The SMILES string of the molecule is Cc1sc(Br)cc1S(=O)(=O)Nc1cccc(OCCN)c1. The molecule has 0 amide bonds. The molecule has 0 aliphatic carbocycles. The predicted octanol–water partition coefficient (Wildman–Crippen LogP) is 2.96. The fourth-order valence-electron chi connectivity index (χ4n) is 1.73. The molecule has 0 unspecified atom stereocenters. The Bertz CT molecular complexity index is 729. The summed E-state index contributed by atoms with van der Waals surface area (Å²) in [7, 11) is -3.61. The summed E-state index contributed by atoms with van der Waals surface area (Å²) in [5, 5.41) is 0. The topological polar surface area (TPSA) is 81.4 Å². The van der Waals surface area contributed by atoms with E-state index in [1.165, 1.54) is 11.3 Å². The van der Waals surface area contributed by atoms with Crippen molar-refractivity contribution in [3.8, 4) is 5.75 Å². The molecule has 8 heteroatoms. The summed E-state index contributed by atoms with van der Waals surface area (Å²) in [6, 6.07) is 8.37. The van der Waals surface area contributed by atoms with Crippen LogP contribution in [-0.4, -0.2) is 21.6 Å². The van der Waals surface area contributed by atoms with Crippen LogP contribution in [0.15, 0.2) is 39.0 Å². The van der Waals surface area contributed by atoms with E-state index in [0.717, 1.165) is 8.66 Å². The smallest absolute Gasteiger partial charge is 0.263 e. The Hall–Kier alpha value is -1.09. The molecule has 5 nitrogen and oxygen atoms in total. The van der Waals surface area contributed by atoms with Gasteiger partial charge in [0.05, 0.1) is 9.47 Å². The number of nitrogens with one attached hydrogen (secondary N) is 1. The van der Waals surface area contributed by atoms with Crippen LogP contribution in [0.4, 0.5) is 5.69 Å². The number of sulfonamides is 1. The third-order valence-electron chi connectivity index (χ3n) is 2.60. The van der Waals surface area contributed by atoms with Gasteiger partial charge >= 0.3 is 0 Å². The summed E-state index contributed by atoms with van der Waals surface area (Å²) in [6.45, 7) is 2.55. The zero-order valence-corrected chi connectivity index (χ0v) is 14.5. The Morgan fingerprint density at radius 1 is 1.38 bits per heavy atom. The minimum absolute atomic E-state index is 0.271. The zero-order chi connectivity index (χ0) is 15.5. The third-order valence-corrected chi connectivity index (χ3v) is 5.79. The van der Waals surface area contributed by atoms with Crippen LogP contribution in [0.2, 0.25) is 0 Å². The van der Waals surface area contributed by atoms with Crippen molar-refractivity contribution >= 4 is 43.0 Å². The maximum absolute atomic E-state index is 12.4. The Kier molecular flexibility index (Phi) is 5.26. The number of rotatable bonds is 6. The molecule has 2 rings (SSSR count). The number of nitrogens with two attached hydrogens (primary N) is 1. The summed E-state index contributed by atoms with van der Waals surface area (Å²) in [5.41, 5.74) is 5.82. The van der Waals surface area contributed by atoms with Gasteiger partial charge in [0.25, 0.3) is 10.0 Å². The number of anilines is 1. The van der Waals surface area contributed by atoms with Gasteiger partial charge in [-0.05, 0) is 41.1 Å². The van der Waals surface area contributed by atoms with Gasteiger partial charge in [-0.1, -0.05) is 6.07 Å². The minimum atomic E-state index is -3.61. The zero-order valence-electron chi connectivity index (χ0n) is 11.3. The highest BCUT2D eigenvalue weighted by molar-refractivity contribution is 9.11. The monoisotopic (exact) mass is 390 g/mol. The van der Waals surface area contributed by atoms with E-state index in [0.29, 0.717) is 24.6 Å². The predicted molar refractivity (Wildman–Crippen MR) is 88.6 cm³/mol. The fourth-order valence-corrected chi connectivity index (χ4v) is 5.20. The number of hydrogen-bond donors (Lipinski definition) is 2. The van der Waals surface area contributed by atoms with Crippen LogP contribution in [-0.2, 0) is 10.0 Å². The van der Waals surface area contributed by atoms with Gasteiger partial charge in [0.1, 0.15) is 17.3 Å². The quantitative estimate of drug-likeness (QED) is 0.794. The Morgan fingerprint density at radius 2 is 2.14 bits per heavy atom. The van der Waals surface area contributed by atoms with Crippen LogP contribution in [0.1, 0.15) is 4.88 Å². The van der Waals surface area contributed by atoms with E-state index in [9.17, 15) is 8.42 Å². The molecule has 21 heavy (non-hydrogen) atoms. The molecule has 0 atom stereocenters. The molecule has 0 bridgehead atoms. The fraction of sp³-hybridized carbons (Fsp3) is 0.231. The Balaban J connectivity index is 2.22. The van der Waals surface area contributed by atoms with Crippen LogP contribution in [0.3, 0.4) is 0 Å². The standard InChI is InChI=1S/C13H15BrN2O3S2/c1-9-12(8-13(14)20-9)21(17,18)16-10-3-2-4-11(7-10)19-6-5-15/h2-4,7-8,16H,5-6,15H2,1H3. The maximum Gasteiger partial charge on any atom is 0.263 e. The molecule has 0 saturated carbocycles. The van der Waals surface area contributed by atoms with Gasteiger partial charge in [-0.15, -0.1) is 11.3 Å². The molecular formula is C13H15BrN2O3S2. The van der Waals surface area contributed by atoms with Gasteiger partial charge in [0.2, 0.25) is 0 Å². The second kappa shape index (κ2) is 6.78. The molecule has 1 aromatic carbocycles. The molecule has 114 valence electrons. The Morgan fingerprint density at radius 3 is 2.76 bits per heavy atom.